The largest absolute Gasteiger partial charge is 0.497 e. The number of urea groups is 1. The molecule has 4 rings (SSSR count). The zero-order valence-corrected chi connectivity index (χ0v) is 15.9. The van der Waals surface area contributed by atoms with Crippen LogP contribution in [0.1, 0.15) is 31.2 Å². The van der Waals surface area contributed by atoms with Crippen LogP contribution in [0, 0.1) is 11.3 Å². The molecule has 8 heteroatoms. The normalized spacial score (nSPS) is 28.5. The molecule has 2 heterocycles. The van der Waals surface area contributed by atoms with Crippen molar-refractivity contribution in [3.05, 3.63) is 29.8 Å². The van der Waals surface area contributed by atoms with Crippen molar-refractivity contribution in [2.24, 2.45) is 16.5 Å². The molecule has 0 aromatic heterocycles. The molecular formula is C20H25N3O5. The number of methoxy groups -OCH3 is 1. The van der Waals surface area contributed by atoms with Gasteiger partial charge >= 0.3 is 12.0 Å². The third-order valence-corrected chi connectivity index (χ3v) is 6.22. The second-order valence-electron chi connectivity index (χ2n) is 7.82. The molecule has 0 radical (unpaired) electrons. The Morgan fingerprint density at radius 3 is 2.86 bits per heavy atom. The number of carbonyl (C=O) groups is 2. The maximum Gasteiger partial charge on any atom is 0.317 e. The maximum absolute atomic E-state index is 12.5. The van der Waals surface area contributed by atoms with Crippen LogP contribution in [0.5, 0.6) is 5.75 Å². The van der Waals surface area contributed by atoms with Gasteiger partial charge in [0.1, 0.15) is 5.75 Å². The number of ether oxygens (including phenoxy) is 1. The zero-order chi connectivity index (χ0) is 19.7. The van der Waals surface area contributed by atoms with E-state index < -0.39 is 11.4 Å². The van der Waals surface area contributed by atoms with E-state index in [1.165, 1.54) is 0 Å². The van der Waals surface area contributed by atoms with Crippen molar-refractivity contribution in [3.8, 4) is 5.75 Å². The third kappa shape index (κ3) is 3.27. The van der Waals surface area contributed by atoms with Gasteiger partial charge in [-0.3, -0.25) is 4.79 Å². The molecule has 1 saturated heterocycles. The number of hydrogen-bond acceptors (Lipinski definition) is 5. The van der Waals surface area contributed by atoms with E-state index in [4.69, 9.17) is 9.57 Å². The van der Waals surface area contributed by atoms with E-state index in [1.807, 2.05) is 24.3 Å². The van der Waals surface area contributed by atoms with Crippen LogP contribution in [0.3, 0.4) is 0 Å². The second-order valence-corrected chi connectivity index (χ2v) is 7.82. The molecule has 1 aromatic rings. The van der Waals surface area contributed by atoms with E-state index in [1.54, 1.807) is 12.0 Å². The summed E-state index contributed by atoms with van der Waals surface area (Å²) < 4.78 is 5.16. The van der Waals surface area contributed by atoms with Crippen LogP contribution in [0.2, 0.25) is 0 Å². The molecule has 8 nitrogen and oxygen atoms in total. The third-order valence-electron chi connectivity index (χ3n) is 6.22. The Labute approximate surface area is 163 Å². The molecule has 2 amide bonds. The van der Waals surface area contributed by atoms with Crippen molar-refractivity contribution in [3.63, 3.8) is 0 Å². The number of carboxylic acids is 1. The average molecular weight is 387 g/mol. The highest BCUT2D eigenvalue weighted by Gasteiger charge is 2.55. The Balaban J connectivity index is 1.28. The number of amides is 2. The number of oxime groups is 1. The van der Waals surface area contributed by atoms with E-state index in [0.717, 1.165) is 29.9 Å². The topological polar surface area (TPSA) is 100 Å². The van der Waals surface area contributed by atoms with Gasteiger partial charge in [-0.25, -0.2) is 4.79 Å². The molecular weight excluding hydrogens is 362 g/mol. The fraction of sp³-hybridized carbons (Fsp3) is 0.550. The van der Waals surface area contributed by atoms with E-state index >= 15 is 0 Å². The van der Waals surface area contributed by atoms with Crippen molar-refractivity contribution in [1.29, 1.82) is 0 Å². The first-order chi connectivity index (χ1) is 13.5. The summed E-state index contributed by atoms with van der Waals surface area (Å²) >= 11 is 0. The average Bonchev–Trinajstić information content (AvgIpc) is 3.40. The first kappa shape index (κ1) is 18.6. The lowest BCUT2D eigenvalue weighted by Gasteiger charge is -2.23. The number of rotatable bonds is 5. The number of carbonyl (C=O) groups excluding carboxylic acids is 1. The number of likely N-dealkylation sites (tertiary alicyclic amines) is 1. The summed E-state index contributed by atoms with van der Waals surface area (Å²) in [6.45, 7) is 1.14. The Bertz CT molecular complexity index is 794. The molecule has 3 atom stereocenters. The highest BCUT2D eigenvalue weighted by Crippen LogP contribution is 2.48. The van der Waals surface area contributed by atoms with Gasteiger partial charge in [-0.15, -0.1) is 0 Å². The van der Waals surface area contributed by atoms with Gasteiger partial charge in [0.2, 0.25) is 0 Å². The molecule has 2 N–H and O–H groups in total. The molecule has 1 aliphatic carbocycles. The summed E-state index contributed by atoms with van der Waals surface area (Å²) in [7, 11) is 1.62. The molecule has 1 aromatic carbocycles. The van der Waals surface area contributed by atoms with Gasteiger partial charge in [0.15, 0.2) is 6.10 Å². The summed E-state index contributed by atoms with van der Waals surface area (Å²) in [5.41, 5.74) is 1.04. The number of fused-ring (bicyclic) bond motifs is 1. The van der Waals surface area contributed by atoms with E-state index in [-0.39, 0.29) is 24.6 Å². The first-order valence-corrected chi connectivity index (χ1v) is 9.65. The Hall–Kier alpha value is -2.77. The minimum absolute atomic E-state index is 0.0588. The van der Waals surface area contributed by atoms with Crippen molar-refractivity contribution >= 4 is 17.7 Å². The van der Waals surface area contributed by atoms with Gasteiger partial charge in [0, 0.05) is 19.5 Å². The molecule has 28 heavy (non-hydrogen) atoms. The lowest BCUT2D eigenvalue weighted by atomic mass is 9.81. The van der Waals surface area contributed by atoms with Crippen LogP contribution in [-0.4, -0.2) is 60.6 Å². The van der Waals surface area contributed by atoms with Crippen LogP contribution in [0.4, 0.5) is 4.79 Å². The minimum Gasteiger partial charge on any atom is -0.497 e. The summed E-state index contributed by atoms with van der Waals surface area (Å²) in [4.78, 5) is 31.4. The number of hydrogen-bond donors (Lipinski definition) is 2. The second kappa shape index (κ2) is 7.33. The van der Waals surface area contributed by atoms with Crippen molar-refractivity contribution < 1.29 is 24.3 Å². The molecule has 1 saturated carbocycles. The van der Waals surface area contributed by atoms with Crippen molar-refractivity contribution in [2.75, 3.05) is 26.7 Å². The summed E-state index contributed by atoms with van der Waals surface area (Å²) in [6.07, 6.45) is 2.83. The Morgan fingerprint density at radius 2 is 2.18 bits per heavy atom. The van der Waals surface area contributed by atoms with E-state index in [2.05, 4.69) is 10.5 Å². The van der Waals surface area contributed by atoms with Gasteiger partial charge in [-0.1, -0.05) is 11.6 Å². The van der Waals surface area contributed by atoms with Gasteiger partial charge in [-0.2, -0.15) is 0 Å². The standard InChI is InChI=1S/C20H25N3O5/c1-27-15-6-4-13(5-7-15)17-9-16(28-22-17)10-21-19(26)23-11-14-3-2-8-20(14,12-23)18(24)25/h4-7,14,16H,2-3,8-12H2,1H3,(H,21,26)(H,24,25)/t14-,16?,20+/m0/s1. The Morgan fingerprint density at radius 1 is 1.39 bits per heavy atom. The minimum atomic E-state index is -0.776. The quantitative estimate of drug-likeness (QED) is 0.806. The Kier molecular flexibility index (Phi) is 4.87. The van der Waals surface area contributed by atoms with Crippen LogP contribution in [0.15, 0.2) is 29.4 Å². The monoisotopic (exact) mass is 387 g/mol. The van der Waals surface area contributed by atoms with E-state index in [0.29, 0.717) is 25.9 Å². The van der Waals surface area contributed by atoms with Gasteiger partial charge in [-0.05, 0) is 48.6 Å². The highest BCUT2D eigenvalue weighted by atomic mass is 16.6. The van der Waals surface area contributed by atoms with Crippen LogP contribution in [-0.2, 0) is 9.63 Å². The molecule has 150 valence electrons. The fourth-order valence-electron chi connectivity index (χ4n) is 4.60. The smallest absolute Gasteiger partial charge is 0.317 e. The number of aliphatic carboxylic acids is 1. The van der Waals surface area contributed by atoms with Gasteiger partial charge in [0.25, 0.3) is 0 Å². The predicted octanol–water partition coefficient (Wildman–Crippen LogP) is 2.08. The van der Waals surface area contributed by atoms with Crippen molar-refractivity contribution in [2.45, 2.75) is 31.8 Å². The summed E-state index contributed by atoms with van der Waals surface area (Å²) in [6, 6.07) is 7.37. The molecule has 3 aliphatic rings. The van der Waals surface area contributed by atoms with Crippen molar-refractivity contribution in [1.82, 2.24) is 10.2 Å². The fourth-order valence-corrected chi connectivity index (χ4v) is 4.60. The predicted molar refractivity (Wildman–Crippen MR) is 101 cm³/mol. The lowest BCUT2D eigenvalue weighted by molar-refractivity contribution is -0.149. The summed E-state index contributed by atoms with van der Waals surface area (Å²) in [5.74, 6) is 0.0621. The van der Waals surface area contributed by atoms with Crippen LogP contribution < -0.4 is 10.1 Å². The van der Waals surface area contributed by atoms with Crippen LogP contribution in [0.25, 0.3) is 0 Å². The number of benzene rings is 1. The van der Waals surface area contributed by atoms with Crippen LogP contribution >= 0.6 is 0 Å². The molecule has 2 aliphatic heterocycles. The first-order valence-electron chi connectivity index (χ1n) is 9.65. The molecule has 0 bridgehead atoms. The number of carboxylic acid groups (broad SMARTS) is 1. The number of nitrogens with one attached hydrogen (secondary N) is 1. The van der Waals surface area contributed by atoms with Gasteiger partial charge in [0.05, 0.1) is 24.8 Å². The van der Waals surface area contributed by atoms with Gasteiger partial charge < -0.3 is 24.9 Å². The maximum atomic E-state index is 12.5. The SMILES string of the molecule is COc1ccc(C2=NOC(CNC(=O)N3C[C@@H]4CCC[C@@]4(C(=O)O)C3)C2)cc1. The zero-order valence-electron chi connectivity index (χ0n) is 15.9. The van der Waals surface area contributed by atoms with E-state index in [9.17, 15) is 14.7 Å². The molecule has 1 unspecified atom stereocenters. The molecule has 0 spiro atoms. The number of nitrogens with zero attached hydrogens (tertiary/aromatic N) is 2. The summed E-state index contributed by atoms with van der Waals surface area (Å²) in [5, 5.41) is 16.7. The lowest BCUT2D eigenvalue weighted by Crippen LogP contribution is -2.43. The molecule has 2 fully saturated rings. The highest BCUT2D eigenvalue weighted by molar-refractivity contribution is 6.01.